The first kappa shape index (κ1) is 66.1. The van der Waals surface area contributed by atoms with Crippen LogP contribution in [0.25, 0.3) is 0 Å². The van der Waals surface area contributed by atoms with Gasteiger partial charge in [0.05, 0.1) is 42.5 Å². The Morgan fingerprint density at radius 2 is 1.31 bits per heavy atom. The number of nitrogens with two attached hydrogens (primary N) is 4. The third-order valence-corrected chi connectivity index (χ3v) is 14.2. The van der Waals surface area contributed by atoms with Gasteiger partial charge in [-0.2, -0.15) is 18.6 Å². The Balaban J connectivity index is 0.000000409. The minimum atomic E-state index is -5.74. The number of carbonyl (C=O) groups is 3. The molecule has 0 aromatic carbocycles. The monoisotopic (exact) mass is 1160 g/mol. The lowest BCUT2D eigenvalue weighted by Gasteiger charge is -2.19. The summed E-state index contributed by atoms with van der Waals surface area (Å²) in [6.07, 6.45) is -0.871. The van der Waals surface area contributed by atoms with Crippen LogP contribution in [0.1, 0.15) is 103 Å². The highest BCUT2D eigenvalue weighted by molar-refractivity contribution is 7.66. The smallest absolute Gasteiger partial charge is 0.452 e. The molecule has 10 atom stereocenters. The van der Waals surface area contributed by atoms with Crippen LogP contribution in [0.2, 0.25) is 0 Å². The number of aliphatic hydroxyl groups excluding tert-OH is 3. The molecule has 2 saturated heterocycles. The molecule has 0 saturated carbocycles. The zero-order valence-corrected chi connectivity index (χ0v) is 45.0. The van der Waals surface area contributed by atoms with E-state index >= 15 is 0 Å². The Hall–Kier alpha value is -5.18. The van der Waals surface area contributed by atoms with Gasteiger partial charge in [0.15, 0.2) is 13.2 Å². The van der Waals surface area contributed by atoms with E-state index in [-0.39, 0.29) is 61.3 Å². The summed E-state index contributed by atoms with van der Waals surface area (Å²) in [7, 11) is -16.8. The normalized spacial score (nSPS) is 21.5. The number of nitrogens with one attached hydrogen (secondary N) is 1. The van der Waals surface area contributed by atoms with E-state index in [2.05, 4.69) is 52.1 Å². The molecule has 16 N–H and O–H groups in total. The van der Waals surface area contributed by atoms with Gasteiger partial charge in [0, 0.05) is 31.8 Å². The summed E-state index contributed by atoms with van der Waals surface area (Å²) in [6, 6.07) is -0.840. The molecule has 2 aromatic rings. The lowest BCUT2D eigenvalue weighted by molar-refractivity contribution is -0.146. The Labute approximate surface area is 440 Å². The second-order valence-electron chi connectivity index (χ2n) is 17.9. The van der Waals surface area contributed by atoms with Crippen molar-refractivity contribution in [3.63, 3.8) is 0 Å². The van der Waals surface area contributed by atoms with Gasteiger partial charge in [-0.25, -0.2) is 28.1 Å². The average molecular weight is 1160 g/mol. The van der Waals surface area contributed by atoms with Crippen molar-refractivity contribution in [2.75, 3.05) is 51.0 Å². The lowest BCUT2D eigenvalue weighted by Crippen LogP contribution is -2.33. The fourth-order valence-corrected chi connectivity index (χ4v) is 9.71. The molecule has 0 aliphatic carbocycles. The maximum absolute atomic E-state index is 12.4. The zero-order chi connectivity index (χ0) is 57.9. The van der Waals surface area contributed by atoms with E-state index in [0.29, 0.717) is 45.2 Å². The second kappa shape index (κ2) is 30.3. The third-order valence-electron chi connectivity index (χ3n) is 10.4. The van der Waals surface area contributed by atoms with Gasteiger partial charge in [0.25, 0.3) is 0 Å². The van der Waals surface area contributed by atoms with Gasteiger partial charge >= 0.3 is 52.9 Å². The van der Waals surface area contributed by atoms with E-state index in [0.717, 1.165) is 21.8 Å². The molecule has 0 bridgehead atoms. The van der Waals surface area contributed by atoms with Crippen molar-refractivity contribution in [2.24, 2.45) is 17.4 Å². The van der Waals surface area contributed by atoms with Crippen LogP contribution in [-0.2, 0) is 60.1 Å². The standard InChI is InChI=1S/C24H36N4O8.C18H30N5O15P3/c1-15(8-5-6-10-26-23(33)36-24(2,3)4)21(31)34-11-7-9-16-13-28(22(32)27-20(16)25)19-12-17(30)18(14-29)35-19;19-6-2-1-5-12(20)17(25)34-7-3-4-11-9-23(18(26)22-16(11)21)15-8-13(24)14(36-15)10-35-40(30,31)38-41(32,33)37-39(27,28)29/h13,15,17-19,29-30H,5-6,8,10-12,14H2,1-4H3,(H,26,33)(H2,25,27,32);9,12-15,24H,1-2,5-8,10,19-20H2,(H,30,31)(H,32,33)(H2,21,22,26)(H2,27,28,29)/t15?,17-,18-,19-;12?,13-,14-,15-/m11/s1. The molecule has 0 spiro atoms. The molecule has 2 aliphatic heterocycles. The topological polar surface area (TPSA) is 504 Å². The van der Waals surface area contributed by atoms with Gasteiger partial charge in [-0.15, -0.1) is 0 Å². The molecule has 432 valence electrons. The highest BCUT2D eigenvalue weighted by Crippen LogP contribution is 2.66. The van der Waals surface area contributed by atoms with Gasteiger partial charge in [0.1, 0.15) is 47.9 Å². The van der Waals surface area contributed by atoms with Gasteiger partial charge in [-0.1, -0.05) is 43.4 Å². The van der Waals surface area contributed by atoms with Crippen LogP contribution in [-0.4, -0.2) is 148 Å². The first-order chi connectivity index (χ1) is 35.8. The number of phosphoric acid groups is 3. The van der Waals surface area contributed by atoms with Crippen LogP contribution in [0.15, 0.2) is 22.0 Å². The van der Waals surface area contributed by atoms with E-state index < -0.39 is 108 Å². The second-order valence-corrected chi connectivity index (χ2v) is 22.3. The summed E-state index contributed by atoms with van der Waals surface area (Å²) >= 11 is 0. The number of hydrogen-bond acceptors (Lipinski definition) is 25. The van der Waals surface area contributed by atoms with Crippen molar-refractivity contribution in [2.45, 2.75) is 128 Å². The number of rotatable bonds is 23. The fraction of sp³-hybridized carbons (Fsp3) is 0.643. The number of carbonyl (C=O) groups excluding carboxylic acids is 3. The van der Waals surface area contributed by atoms with E-state index in [9.17, 15) is 62.8 Å². The Bertz CT molecular complexity index is 2730. The maximum atomic E-state index is 12.4. The molecular formula is C42H66N9O23P3. The van der Waals surface area contributed by atoms with E-state index in [4.69, 9.17) is 56.4 Å². The number of hydrogen-bond donors (Lipinski definition) is 12. The number of alkyl carbamates (subject to hydrolysis) is 1. The number of anilines is 2. The lowest BCUT2D eigenvalue weighted by atomic mass is 10.0. The highest BCUT2D eigenvalue weighted by Gasteiger charge is 2.43. The van der Waals surface area contributed by atoms with Crippen molar-refractivity contribution >= 4 is 53.1 Å². The minimum Gasteiger partial charge on any atom is -0.452 e. The molecule has 2 fully saturated rings. The number of phosphoric ester groups is 1. The molecular weight excluding hydrogens is 1090 g/mol. The number of nitrogens with zero attached hydrogens (tertiary/aromatic N) is 4. The summed E-state index contributed by atoms with van der Waals surface area (Å²) in [4.78, 5) is 103. The number of nitrogen functional groups attached to an aromatic ring is 2. The molecule has 32 nitrogen and oxygen atoms in total. The maximum Gasteiger partial charge on any atom is 0.490 e. The quantitative estimate of drug-likeness (QED) is 0.0206. The van der Waals surface area contributed by atoms with Gasteiger partial charge < -0.3 is 86.8 Å². The molecule has 1 amide bonds. The minimum absolute atomic E-state index is 0.0303. The average Bonchev–Trinajstić information content (AvgIpc) is 3.88. The summed E-state index contributed by atoms with van der Waals surface area (Å²) in [5.74, 6) is 8.77. The zero-order valence-electron chi connectivity index (χ0n) is 42.3. The van der Waals surface area contributed by atoms with Crippen LogP contribution in [0.5, 0.6) is 0 Å². The fourth-order valence-electron chi connectivity index (χ4n) is 6.68. The van der Waals surface area contributed by atoms with Crippen LogP contribution in [0, 0.1) is 29.6 Å². The van der Waals surface area contributed by atoms with Crippen LogP contribution >= 0.6 is 23.5 Å². The van der Waals surface area contributed by atoms with Gasteiger partial charge in [-0.3, -0.25) is 23.2 Å². The highest BCUT2D eigenvalue weighted by atomic mass is 31.3. The Morgan fingerprint density at radius 3 is 1.81 bits per heavy atom. The number of aliphatic hydroxyl groups is 3. The van der Waals surface area contributed by atoms with Crippen molar-refractivity contribution < 1.29 is 99.8 Å². The van der Waals surface area contributed by atoms with Crippen LogP contribution in [0.3, 0.4) is 0 Å². The summed E-state index contributed by atoms with van der Waals surface area (Å²) < 4.78 is 74.0. The van der Waals surface area contributed by atoms with Crippen molar-refractivity contribution in [1.29, 1.82) is 0 Å². The third kappa shape index (κ3) is 23.8. The van der Waals surface area contributed by atoms with Gasteiger partial charge in [0.2, 0.25) is 0 Å². The number of amides is 1. The SMILES string of the molecule is CC(CCCCNC(=O)OC(C)(C)C)C(=O)OCC#Cc1cn([C@H]2C[C@@H](O)[C@@H](CO)O2)c(=O)nc1N.NCCCCC(N)C(=O)OCC#Cc1cn([C@H]2C[C@@H](O)[C@@H](COP(=O)(O)OP(=O)(O)OP(=O)(O)O)O2)c(=O)nc1N. The molecule has 2 aromatic heterocycles. The molecule has 77 heavy (non-hydrogen) atoms. The van der Waals surface area contributed by atoms with E-state index in [1.165, 1.54) is 6.20 Å². The van der Waals surface area contributed by atoms with Crippen LogP contribution < -0.4 is 39.6 Å². The van der Waals surface area contributed by atoms with E-state index in [1.54, 1.807) is 27.7 Å². The first-order valence-electron chi connectivity index (χ1n) is 23.4. The van der Waals surface area contributed by atoms with Gasteiger partial charge in [-0.05, 0) is 53.0 Å². The summed E-state index contributed by atoms with van der Waals surface area (Å²) in [5, 5.41) is 32.1. The van der Waals surface area contributed by atoms with Crippen molar-refractivity contribution in [3.05, 3.63) is 44.5 Å². The Morgan fingerprint density at radius 1 is 0.805 bits per heavy atom. The summed E-state index contributed by atoms with van der Waals surface area (Å²) in [6.45, 7) is 6.21. The first-order valence-corrected chi connectivity index (χ1v) is 27.9. The number of aromatic nitrogens is 4. The number of esters is 2. The largest absolute Gasteiger partial charge is 0.490 e. The van der Waals surface area contributed by atoms with Crippen molar-refractivity contribution in [3.8, 4) is 23.7 Å². The Kier molecular flexibility index (Phi) is 26.0. The molecule has 4 unspecified atom stereocenters. The van der Waals surface area contributed by atoms with Crippen molar-refractivity contribution in [1.82, 2.24) is 24.4 Å². The molecule has 35 heteroatoms. The number of ether oxygens (including phenoxy) is 5. The van der Waals surface area contributed by atoms with Crippen LogP contribution in [0.4, 0.5) is 16.4 Å². The number of unbranched alkanes of at least 4 members (excludes halogenated alkanes) is 2. The predicted molar refractivity (Wildman–Crippen MR) is 266 cm³/mol. The predicted octanol–water partition coefficient (Wildman–Crippen LogP) is -1.14. The molecule has 0 radical (unpaired) electrons. The summed E-state index contributed by atoms with van der Waals surface area (Å²) in [5.41, 5.74) is 20.8. The molecule has 4 rings (SSSR count). The molecule has 2 aliphatic rings. The molecule has 4 heterocycles. The van der Waals surface area contributed by atoms with E-state index in [1.807, 2.05) is 0 Å².